The zero-order valence-corrected chi connectivity index (χ0v) is 12.1. The van der Waals surface area contributed by atoms with E-state index in [4.69, 9.17) is 10.5 Å². The van der Waals surface area contributed by atoms with Gasteiger partial charge in [-0.2, -0.15) is 0 Å². The van der Waals surface area contributed by atoms with Crippen LogP contribution in [0.1, 0.15) is 43.6 Å². The van der Waals surface area contributed by atoms with E-state index in [1.54, 1.807) is 0 Å². The van der Waals surface area contributed by atoms with Crippen molar-refractivity contribution in [2.75, 3.05) is 19.0 Å². The lowest BCUT2D eigenvalue weighted by Gasteiger charge is -2.29. The summed E-state index contributed by atoms with van der Waals surface area (Å²) in [5.74, 6) is 0. The number of aryl methyl sites for hydroxylation is 2. The average molecular weight is 248 g/mol. The maximum atomic E-state index is 5.99. The third kappa shape index (κ3) is 2.52. The van der Waals surface area contributed by atoms with E-state index in [9.17, 15) is 0 Å². The first-order valence-corrected chi connectivity index (χ1v) is 6.52. The second-order valence-electron chi connectivity index (χ2n) is 6.25. The number of ether oxygens (including phenoxy) is 1. The normalized spacial score (nSPS) is 21.5. The first kappa shape index (κ1) is 13.4. The van der Waals surface area contributed by atoms with Gasteiger partial charge in [-0.05, 0) is 51.3 Å². The molecule has 1 fully saturated rings. The van der Waals surface area contributed by atoms with Gasteiger partial charge in [0.05, 0.1) is 6.10 Å². The fraction of sp³-hybridized carbons (Fsp3) is 0.600. The van der Waals surface area contributed by atoms with Crippen LogP contribution in [0.2, 0.25) is 0 Å². The van der Waals surface area contributed by atoms with Crippen molar-refractivity contribution in [1.82, 2.24) is 4.90 Å². The van der Waals surface area contributed by atoms with Crippen LogP contribution in [0.15, 0.2) is 12.1 Å². The summed E-state index contributed by atoms with van der Waals surface area (Å²) >= 11 is 0. The molecule has 100 valence electrons. The van der Waals surface area contributed by atoms with Crippen LogP contribution in [-0.4, -0.2) is 23.7 Å². The maximum Gasteiger partial charge on any atom is 0.100 e. The molecule has 0 radical (unpaired) electrons. The number of hydrogen-bond acceptors (Lipinski definition) is 3. The van der Waals surface area contributed by atoms with Crippen LogP contribution >= 0.6 is 0 Å². The highest BCUT2D eigenvalue weighted by Gasteiger charge is 2.31. The second kappa shape index (κ2) is 4.56. The smallest absolute Gasteiger partial charge is 0.100 e. The molecule has 1 aliphatic heterocycles. The van der Waals surface area contributed by atoms with Crippen LogP contribution in [0.3, 0.4) is 0 Å². The van der Waals surface area contributed by atoms with Crippen molar-refractivity contribution >= 4 is 5.69 Å². The van der Waals surface area contributed by atoms with E-state index >= 15 is 0 Å². The molecule has 0 aliphatic carbocycles. The molecule has 0 aromatic heterocycles. The standard InChI is InChI=1S/C15H24N2O/c1-10-6-12(7-11(2)14(10)16)13-8-17(9-18-13)15(3,4)5/h6-7,13H,8-9,16H2,1-5H3/t13-/m0/s1. The van der Waals surface area contributed by atoms with E-state index < -0.39 is 0 Å². The molecule has 2 rings (SSSR count). The van der Waals surface area contributed by atoms with Gasteiger partial charge in [0.2, 0.25) is 0 Å². The zero-order valence-electron chi connectivity index (χ0n) is 12.1. The minimum Gasteiger partial charge on any atom is -0.398 e. The molecule has 1 aromatic rings. The molecule has 3 nitrogen and oxygen atoms in total. The predicted octanol–water partition coefficient (Wildman–Crippen LogP) is 3.01. The molecule has 2 N–H and O–H groups in total. The number of anilines is 1. The SMILES string of the molecule is Cc1cc([C@@H]2CN(C(C)(C)C)CO2)cc(C)c1N. The summed E-state index contributed by atoms with van der Waals surface area (Å²) in [5.41, 5.74) is 10.6. The molecular weight excluding hydrogens is 224 g/mol. The Morgan fingerprint density at radius 1 is 1.22 bits per heavy atom. The van der Waals surface area contributed by atoms with Gasteiger partial charge in [-0.1, -0.05) is 12.1 Å². The summed E-state index contributed by atoms with van der Waals surface area (Å²) in [7, 11) is 0. The van der Waals surface area contributed by atoms with Crippen LogP contribution in [0.4, 0.5) is 5.69 Å². The number of nitrogen functional groups attached to an aromatic ring is 1. The van der Waals surface area contributed by atoms with Crippen LogP contribution in [-0.2, 0) is 4.74 Å². The van der Waals surface area contributed by atoms with E-state index in [0.29, 0.717) is 6.73 Å². The number of benzene rings is 1. The Bertz CT molecular complexity index is 425. The first-order chi connectivity index (χ1) is 8.29. The number of nitrogens with two attached hydrogens (primary N) is 1. The van der Waals surface area contributed by atoms with Gasteiger partial charge in [0.25, 0.3) is 0 Å². The minimum absolute atomic E-state index is 0.159. The van der Waals surface area contributed by atoms with Crippen LogP contribution < -0.4 is 5.73 Å². The van der Waals surface area contributed by atoms with Crippen molar-refractivity contribution in [2.24, 2.45) is 0 Å². The molecule has 0 spiro atoms. The summed E-state index contributed by atoms with van der Waals surface area (Å²) in [6.07, 6.45) is 0.169. The van der Waals surface area contributed by atoms with Gasteiger partial charge >= 0.3 is 0 Å². The largest absolute Gasteiger partial charge is 0.398 e. The first-order valence-electron chi connectivity index (χ1n) is 6.52. The molecule has 1 atom stereocenters. The highest BCUT2D eigenvalue weighted by Crippen LogP contribution is 2.31. The van der Waals surface area contributed by atoms with Crippen LogP contribution in [0.5, 0.6) is 0 Å². The molecule has 0 bridgehead atoms. The third-order valence-electron chi connectivity index (χ3n) is 3.75. The van der Waals surface area contributed by atoms with Crippen molar-refractivity contribution < 1.29 is 4.74 Å². The Morgan fingerprint density at radius 3 is 2.22 bits per heavy atom. The minimum atomic E-state index is 0.159. The second-order valence-corrected chi connectivity index (χ2v) is 6.25. The van der Waals surface area contributed by atoms with E-state index in [0.717, 1.165) is 23.4 Å². The molecule has 0 amide bonds. The maximum absolute atomic E-state index is 5.99. The topological polar surface area (TPSA) is 38.5 Å². The van der Waals surface area contributed by atoms with Gasteiger partial charge in [-0.3, -0.25) is 4.90 Å². The number of hydrogen-bond donors (Lipinski definition) is 1. The highest BCUT2D eigenvalue weighted by molar-refractivity contribution is 5.54. The van der Waals surface area contributed by atoms with E-state index in [2.05, 4.69) is 51.7 Å². The molecule has 1 aromatic carbocycles. The Labute approximate surface area is 110 Å². The third-order valence-corrected chi connectivity index (χ3v) is 3.75. The molecule has 1 heterocycles. The van der Waals surface area contributed by atoms with Gasteiger partial charge in [0.1, 0.15) is 6.73 Å². The van der Waals surface area contributed by atoms with Crippen molar-refractivity contribution in [3.63, 3.8) is 0 Å². The lowest BCUT2D eigenvalue weighted by molar-refractivity contribution is 0.0607. The molecule has 0 saturated carbocycles. The zero-order chi connectivity index (χ0) is 13.5. The Balaban J connectivity index is 2.20. The Hall–Kier alpha value is -1.06. The van der Waals surface area contributed by atoms with Gasteiger partial charge < -0.3 is 10.5 Å². The Kier molecular flexibility index (Phi) is 3.39. The van der Waals surface area contributed by atoms with E-state index in [-0.39, 0.29) is 11.6 Å². The number of nitrogens with zero attached hydrogens (tertiary/aromatic N) is 1. The van der Waals surface area contributed by atoms with Gasteiger partial charge in [-0.15, -0.1) is 0 Å². The van der Waals surface area contributed by atoms with Gasteiger partial charge in [-0.25, -0.2) is 0 Å². The molecule has 0 unspecified atom stereocenters. The van der Waals surface area contributed by atoms with Crippen molar-refractivity contribution in [3.05, 3.63) is 28.8 Å². The summed E-state index contributed by atoms with van der Waals surface area (Å²) in [5, 5.41) is 0. The molecule has 1 aliphatic rings. The van der Waals surface area contributed by atoms with Crippen molar-refractivity contribution in [3.8, 4) is 0 Å². The highest BCUT2D eigenvalue weighted by atomic mass is 16.5. The molecule has 3 heteroatoms. The summed E-state index contributed by atoms with van der Waals surface area (Å²) in [6, 6.07) is 4.30. The monoisotopic (exact) mass is 248 g/mol. The van der Waals surface area contributed by atoms with Gasteiger partial charge in [0.15, 0.2) is 0 Å². The quantitative estimate of drug-likeness (QED) is 0.776. The van der Waals surface area contributed by atoms with Crippen LogP contribution in [0, 0.1) is 13.8 Å². The fourth-order valence-electron chi connectivity index (χ4n) is 2.35. The molecular formula is C15H24N2O. The van der Waals surface area contributed by atoms with Gasteiger partial charge in [0, 0.05) is 17.8 Å². The molecule has 18 heavy (non-hydrogen) atoms. The molecule has 1 saturated heterocycles. The Morgan fingerprint density at radius 2 is 1.78 bits per heavy atom. The average Bonchev–Trinajstić information content (AvgIpc) is 2.73. The number of rotatable bonds is 1. The fourth-order valence-corrected chi connectivity index (χ4v) is 2.35. The summed E-state index contributed by atoms with van der Waals surface area (Å²) in [6.45, 7) is 12.4. The van der Waals surface area contributed by atoms with Crippen molar-refractivity contribution in [1.29, 1.82) is 0 Å². The van der Waals surface area contributed by atoms with Crippen LogP contribution in [0.25, 0.3) is 0 Å². The lowest BCUT2D eigenvalue weighted by Crippen LogP contribution is -2.39. The predicted molar refractivity (Wildman–Crippen MR) is 75.5 cm³/mol. The van der Waals surface area contributed by atoms with E-state index in [1.807, 2.05) is 0 Å². The van der Waals surface area contributed by atoms with Crippen molar-refractivity contribution in [2.45, 2.75) is 46.3 Å². The summed E-state index contributed by atoms with van der Waals surface area (Å²) in [4.78, 5) is 2.36. The van der Waals surface area contributed by atoms with E-state index in [1.165, 1.54) is 5.56 Å². The lowest BCUT2D eigenvalue weighted by atomic mass is 10.00. The summed E-state index contributed by atoms with van der Waals surface area (Å²) < 4.78 is 5.91.